The minimum atomic E-state index is -0.453. The van der Waals surface area contributed by atoms with Crippen molar-refractivity contribution in [1.29, 1.82) is 0 Å². The van der Waals surface area contributed by atoms with Crippen LogP contribution in [-0.4, -0.2) is 16.9 Å². The molecule has 0 unspecified atom stereocenters. The van der Waals surface area contributed by atoms with Crippen LogP contribution in [0, 0.1) is 10.1 Å². The minimum Gasteiger partial charge on any atom is -0.350 e. The van der Waals surface area contributed by atoms with E-state index in [1.165, 1.54) is 12.1 Å². The lowest BCUT2D eigenvalue weighted by Gasteiger charge is -2.08. The van der Waals surface area contributed by atoms with E-state index >= 15 is 0 Å². The lowest BCUT2D eigenvalue weighted by atomic mass is 10.1. The van der Waals surface area contributed by atoms with Gasteiger partial charge in [0, 0.05) is 23.7 Å². The number of hydrogen-bond acceptors (Lipinski definition) is 3. The summed E-state index contributed by atoms with van der Waals surface area (Å²) in [5, 5.41) is 13.3. The number of nitrogens with zero attached hydrogens (tertiary/aromatic N) is 1. The smallest absolute Gasteiger partial charge is 0.269 e. The zero-order chi connectivity index (χ0) is 13.7. The third kappa shape index (κ3) is 4.01. The minimum absolute atomic E-state index is 0.0384. The van der Waals surface area contributed by atoms with Crippen LogP contribution in [0.25, 0.3) is 6.08 Å². The van der Waals surface area contributed by atoms with Gasteiger partial charge in [-0.2, -0.15) is 0 Å². The predicted molar refractivity (Wildman–Crippen MR) is 70.0 cm³/mol. The maximum Gasteiger partial charge on any atom is 0.269 e. The number of nitro groups is 1. The summed E-state index contributed by atoms with van der Waals surface area (Å²) in [5.74, 6) is -0.136. The summed E-state index contributed by atoms with van der Waals surface area (Å²) in [4.78, 5) is 21.7. The Balaban J connectivity index is 2.82. The Bertz CT molecular complexity index is 476. The summed E-state index contributed by atoms with van der Waals surface area (Å²) in [6, 6.07) is 6.14. The van der Waals surface area contributed by atoms with Crippen molar-refractivity contribution < 1.29 is 9.72 Å². The Kier molecular flexibility index (Phi) is 4.59. The molecule has 0 aliphatic rings. The number of carbonyl (C=O) groups excluding carboxylic acids is 1. The van der Waals surface area contributed by atoms with Gasteiger partial charge in [0.15, 0.2) is 0 Å². The molecule has 1 rings (SSSR count). The second-order valence-electron chi connectivity index (χ2n) is 4.30. The van der Waals surface area contributed by atoms with Gasteiger partial charge in [-0.05, 0) is 44.5 Å². The van der Waals surface area contributed by atoms with Crippen molar-refractivity contribution in [2.24, 2.45) is 0 Å². The lowest BCUT2D eigenvalue weighted by Crippen LogP contribution is -2.30. The van der Waals surface area contributed by atoms with Crippen molar-refractivity contribution in [2.75, 3.05) is 0 Å². The van der Waals surface area contributed by atoms with Gasteiger partial charge in [0.2, 0.25) is 5.91 Å². The van der Waals surface area contributed by atoms with Gasteiger partial charge in [-0.15, -0.1) is 0 Å². The van der Waals surface area contributed by atoms with E-state index in [1.807, 2.05) is 13.8 Å². The normalized spacial score (nSPS) is 11.4. The van der Waals surface area contributed by atoms with Crippen molar-refractivity contribution in [3.05, 3.63) is 45.5 Å². The van der Waals surface area contributed by atoms with Crippen LogP contribution >= 0.6 is 0 Å². The molecule has 1 amide bonds. The van der Waals surface area contributed by atoms with E-state index in [1.54, 1.807) is 25.1 Å². The van der Waals surface area contributed by atoms with E-state index in [0.29, 0.717) is 5.57 Å². The highest BCUT2D eigenvalue weighted by Gasteiger charge is 2.06. The van der Waals surface area contributed by atoms with Gasteiger partial charge in [0.1, 0.15) is 0 Å². The summed E-state index contributed by atoms with van der Waals surface area (Å²) in [5.41, 5.74) is 1.37. The van der Waals surface area contributed by atoms with E-state index in [9.17, 15) is 14.9 Å². The molecule has 0 aromatic heterocycles. The highest BCUT2D eigenvalue weighted by atomic mass is 16.6. The molecule has 0 saturated heterocycles. The molecule has 0 saturated carbocycles. The Morgan fingerprint density at radius 2 is 1.89 bits per heavy atom. The maximum absolute atomic E-state index is 11.6. The first-order valence-electron chi connectivity index (χ1n) is 5.63. The van der Waals surface area contributed by atoms with Gasteiger partial charge in [0.25, 0.3) is 5.69 Å². The zero-order valence-corrected chi connectivity index (χ0v) is 10.6. The van der Waals surface area contributed by atoms with E-state index in [0.717, 1.165) is 5.56 Å². The fourth-order valence-corrected chi connectivity index (χ4v) is 1.38. The molecule has 0 heterocycles. The largest absolute Gasteiger partial charge is 0.350 e. The second kappa shape index (κ2) is 5.95. The number of carbonyl (C=O) groups is 1. The van der Waals surface area contributed by atoms with Gasteiger partial charge in [-0.1, -0.05) is 0 Å². The monoisotopic (exact) mass is 248 g/mol. The summed E-state index contributed by atoms with van der Waals surface area (Å²) in [6.07, 6.45) is 1.70. The van der Waals surface area contributed by atoms with Gasteiger partial charge in [0.05, 0.1) is 4.92 Å². The molecular weight excluding hydrogens is 232 g/mol. The van der Waals surface area contributed by atoms with Crippen LogP contribution < -0.4 is 5.32 Å². The Labute approximate surface area is 106 Å². The fourth-order valence-electron chi connectivity index (χ4n) is 1.38. The van der Waals surface area contributed by atoms with Gasteiger partial charge >= 0.3 is 0 Å². The molecule has 0 spiro atoms. The van der Waals surface area contributed by atoms with Crippen molar-refractivity contribution in [3.8, 4) is 0 Å². The molecule has 5 nitrogen and oxygen atoms in total. The van der Waals surface area contributed by atoms with Crippen molar-refractivity contribution in [2.45, 2.75) is 26.8 Å². The number of non-ortho nitro benzene ring substituents is 1. The molecule has 0 aliphatic heterocycles. The maximum atomic E-state index is 11.6. The van der Waals surface area contributed by atoms with Crippen LogP contribution in [0.5, 0.6) is 0 Å². The van der Waals surface area contributed by atoms with Crippen LogP contribution in [-0.2, 0) is 4.79 Å². The SMILES string of the molecule is C/C(=C\c1ccc([N+](=O)[O-])cc1)C(=O)NC(C)C. The molecule has 1 aromatic rings. The zero-order valence-electron chi connectivity index (χ0n) is 10.6. The molecule has 0 atom stereocenters. The third-order valence-electron chi connectivity index (χ3n) is 2.27. The molecule has 5 heteroatoms. The molecule has 0 aliphatic carbocycles. The molecular formula is C13H16N2O3. The number of rotatable bonds is 4. The summed E-state index contributed by atoms with van der Waals surface area (Å²) in [7, 11) is 0. The van der Waals surface area contributed by atoms with Crippen LogP contribution in [0.3, 0.4) is 0 Å². The van der Waals surface area contributed by atoms with Crippen molar-refractivity contribution in [3.63, 3.8) is 0 Å². The van der Waals surface area contributed by atoms with Crippen molar-refractivity contribution in [1.82, 2.24) is 5.32 Å². The van der Waals surface area contributed by atoms with Crippen molar-refractivity contribution >= 4 is 17.7 Å². The van der Waals surface area contributed by atoms with Crippen LogP contribution in [0.1, 0.15) is 26.3 Å². The number of nitrogens with one attached hydrogen (secondary N) is 1. The number of amides is 1. The fraction of sp³-hybridized carbons (Fsp3) is 0.308. The van der Waals surface area contributed by atoms with Gasteiger partial charge in [-0.25, -0.2) is 0 Å². The summed E-state index contributed by atoms with van der Waals surface area (Å²) < 4.78 is 0. The van der Waals surface area contributed by atoms with Gasteiger partial charge < -0.3 is 5.32 Å². The molecule has 1 aromatic carbocycles. The van der Waals surface area contributed by atoms with E-state index in [2.05, 4.69) is 5.32 Å². The first kappa shape index (κ1) is 13.9. The molecule has 0 bridgehead atoms. The number of hydrogen-bond donors (Lipinski definition) is 1. The number of benzene rings is 1. The first-order valence-corrected chi connectivity index (χ1v) is 5.63. The molecule has 0 radical (unpaired) electrons. The third-order valence-corrected chi connectivity index (χ3v) is 2.27. The second-order valence-corrected chi connectivity index (χ2v) is 4.30. The molecule has 0 fully saturated rings. The Hall–Kier alpha value is -2.17. The molecule has 1 N–H and O–H groups in total. The Morgan fingerprint density at radius 3 is 2.33 bits per heavy atom. The van der Waals surface area contributed by atoms with E-state index in [-0.39, 0.29) is 17.6 Å². The van der Waals surface area contributed by atoms with Gasteiger partial charge in [-0.3, -0.25) is 14.9 Å². The molecule has 96 valence electrons. The first-order chi connectivity index (χ1) is 8.40. The summed E-state index contributed by atoms with van der Waals surface area (Å²) >= 11 is 0. The van der Waals surface area contributed by atoms with Crippen LogP contribution in [0.15, 0.2) is 29.8 Å². The average molecular weight is 248 g/mol. The molecule has 18 heavy (non-hydrogen) atoms. The van der Waals surface area contributed by atoms with Crippen LogP contribution in [0.2, 0.25) is 0 Å². The quantitative estimate of drug-likeness (QED) is 0.505. The highest BCUT2D eigenvalue weighted by molar-refractivity contribution is 5.97. The highest BCUT2D eigenvalue weighted by Crippen LogP contribution is 2.14. The predicted octanol–water partition coefficient (Wildman–Crippen LogP) is 2.52. The topological polar surface area (TPSA) is 72.2 Å². The standard InChI is InChI=1S/C13H16N2O3/c1-9(2)14-13(16)10(3)8-11-4-6-12(7-5-11)15(17)18/h4-9H,1-3H3,(H,14,16)/b10-8+. The number of nitro benzene ring substituents is 1. The Morgan fingerprint density at radius 1 is 1.33 bits per heavy atom. The average Bonchev–Trinajstić information content (AvgIpc) is 2.28. The van der Waals surface area contributed by atoms with E-state index in [4.69, 9.17) is 0 Å². The van der Waals surface area contributed by atoms with E-state index < -0.39 is 4.92 Å². The summed E-state index contributed by atoms with van der Waals surface area (Å²) in [6.45, 7) is 5.48. The van der Waals surface area contributed by atoms with Crippen LogP contribution in [0.4, 0.5) is 5.69 Å². The lowest BCUT2D eigenvalue weighted by molar-refractivity contribution is -0.384.